The minimum atomic E-state index is -0.997. The third kappa shape index (κ3) is 5.78. The molecule has 2 aliphatic rings. The number of aliphatic hydroxyl groups is 1. The van der Waals surface area contributed by atoms with Crippen LogP contribution in [-0.4, -0.2) is 61.3 Å². The molecule has 2 aromatic rings. The van der Waals surface area contributed by atoms with Gasteiger partial charge in [-0.05, 0) is 31.4 Å². The number of imide groups is 2. The largest absolute Gasteiger partial charge is 0.396 e. The standard InChI is InChI=1S/C25H32N6O5/c32-14-7-5-3-1-2-4-6-13-30-16-17(28-29-30)15-26-19-10-8-9-18-22(19)25(36)31(24(18)35)20-11-12-21(33)27-23(20)34/h8-10,16,20,26,32H,1-7,11-15H2,(H,27,33,34). The summed E-state index contributed by atoms with van der Waals surface area (Å²) in [6.07, 6.45) is 9.63. The van der Waals surface area contributed by atoms with E-state index < -0.39 is 29.7 Å². The van der Waals surface area contributed by atoms with Crippen molar-refractivity contribution in [1.82, 2.24) is 25.2 Å². The number of carbonyl (C=O) groups excluding carboxylic acids is 4. The Kier molecular flexibility index (Phi) is 8.42. The zero-order valence-electron chi connectivity index (χ0n) is 20.2. The van der Waals surface area contributed by atoms with Gasteiger partial charge in [-0.15, -0.1) is 5.10 Å². The van der Waals surface area contributed by atoms with Crippen LogP contribution in [0.2, 0.25) is 0 Å². The van der Waals surface area contributed by atoms with Gasteiger partial charge in [-0.25, -0.2) is 0 Å². The maximum absolute atomic E-state index is 13.2. The zero-order chi connectivity index (χ0) is 25.5. The predicted octanol–water partition coefficient (Wildman–Crippen LogP) is 2.01. The van der Waals surface area contributed by atoms with Gasteiger partial charge in [0, 0.05) is 25.3 Å². The fraction of sp³-hybridized carbons (Fsp3) is 0.520. The number of carbonyl (C=O) groups is 4. The summed E-state index contributed by atoms with van der Waals surface area (Å²) < 4.78 is 1.80. The highest BCUT2D eigenvalue weighted by molar-refractivity contribution is 6.25. The number of unbranched alkanes of at least 4 members (excludes halogenated alkanes) is 6. The number of hydrogen-bond acceptors (Lipinski definition) is 8. The highest BCUT2D eigenvalue weighted by Gasteiger charge is 2.45. The third-order valence-corrected chi connectivity index (χ3v) is 6.56. The molecule has 0 bridgehead atoms. The first-order chi connectivity index (χ1) is 17.5. The van der Waals surface area contributed by atoms with E-state index in [1.54, 1.807) is 22.9 Å². The van der Waals surface area contributed by atoms with Crippen molar-refractivity contribution in [3.8, 4) is 0 Å². The Morgan fingerprint density at radius 2 is 1.75 bits per heavy atom. The van der Waals surface area contributed by atoms with Crippen LogP contribution in [0.3, 0.4) is 0 Å². The van der Waals surface area contributed by atoms with Crippen LogP contribution in [-0.2, 0) is 22.7 Å². The van der Waals surface area contributed by atoms with Gasteiger partial charge in [0.05, 0.1) is 23.9 Å². The monoisotopic (exact) mass is 496 g/mol. The van der Waals surface area contributed by atoms with E-state index in [0.717, 1.165) is 50.0 Å². The topological polar surface area (TPSA) is 147 Å². The summed E-state index contributed by atoms with van der Waals surface area (Å²) in [6, 6.07) is 3.96. The molecule has 192 valence electrons. The molecule has 4 rings (SSSR count). The molecule has 36 heavy (non-hydrogen) atoms. The fourth-order valence-electron chi connectivity index (χ4n) is 4.65. The lowest BCUT2D eigenvalue weighted by atomic mass is 10.0. The van der Waals surface area contributed by atoms with Crippen molar-refractivity contribution in [2.45, 2.75) is 76.9 Å². The number of piperidine rings is 1. The van der Waals surface area contributed by atoms with Gasteiger partial charge >= 0.3 is 0 Å². The minimum absolute atomic E-state index is 0.0786. The second kappa shape index (κ2) is 11.9. The number of nitrogens with one attached hydrogen (secondary N) is 2. The predicted molar refractivity (Wildman–Crippen MR) is 130 cm³/mol. The van der Waals surface area contributed by atoms with Crippen molar-refractivity contribution in [1.29, 1.82) is 0 Å². The van der Waals surface area contributed by atoms with Gasteiger partial charge in [0.1, 0.15) is 11.7 Å². The number of amides is 4. The molecule has 1 unspecified atom stereocenters. The van der Waals surface area contributed by atoms with Gasteiger partial charge in [0.25, 0.3) is 11.8 Å². The van der Waals surface area contributed by atoms with Gasteiger partial charge in [-0.2, -0.15) is 0 Å². The second-order valence-corrected chi connectivity index (χ2v) is 9.20. The summed E-state index contributed by atoms with van der Waals surface area (Å²) in [5.74, 6) is -2.12. The lowest BCUT2D eigenvalue weighted by Gasteiger charge is -2.27. The number of benzene rings is 1. The van der Waals surface area contributed by atoms with Crippen LogP contribution in [0.5, 0.6) is 0 Å². The number of nitrogens with zero attached hydrogens (tertiary/aromatic N) is 4. The third-order valence-electron chi connectivity index (χ3n) is 6.56. The molecular formula is C25H32N6O5. The summed E-state index contributed by atoms with van der Waals surface area (Å²) in [7, 11) is 0. The lowest BCUT2D eigenvalue weighted by molar-refractivity contribution is -0.136. The van der Waals surface area contributed by atoms with E-state index in [0.29, 0.717) is 17.9 Å². The average Bonchev–Trinajstić information content (AvgIpc) is 3.42. The van der Waals surface area contributed by atoms with Crippen LogP contribution >= 0.6 is 0 Å². The van der Waals surface area contributed by atoms with E-state index >= 15 is 0 Å². The molecule has 1 aromatic carbocycles. The smallest absolute Gasteiger partial charge is 0.264 e. The number of aromatic nitrogens is 3. The van der Waals surface area contributed by atoms with E-state index in [1.807, 2.05) is 6.20 Å². The number of aliphatic hydroxyl groups excluding tert-OH is 1. The first-order valence-corrected chi connectivity index (χ1v) is 12.6. The molecule has 0 aliphatic carbocycles. The molecule has 0 saturated carbocycles. The van der Waals surface area contributed by atoms with E-state index in [-0.39, 0.29) is 30.6 Å². The number of fused-ring (bicyclic) bond motifs is 1. The minimum Gasteiger partial charge on any atom is -0.396 e. The molecule has 1 aromatic heterocycles. The van der Waals surface area contributed by atoms with Crippen LogP contribution in [0.4, 0.5) is 5.69 Å². The second-order valence-electron chi connectivity index (χ2n) is 9.20. The normalized spacial score (nSPS) is 17.5. The summed E-state index contributed by atoms with van der Waals surface area (Å²) >= 11 is 0. The van der Waals surface area contributed by atoms with Crippen LogP contribution in [0, 0.1) is 0 Å². The highest BCUT2D eigenvalue weighted by atomic mass is 16.3. The van der Waals surface area contributed by atoms with Crippen LogP contribution < -0.4 is 10.6 Å². The number of hydrogen-bond donors (Lipinski definition) is 3. The van der Waals surface area contributed by atoms with E-state index in [9.17, 15) is 19.2 Å². The van der Waals surface area contributed by atoms with Gasteiger partial charge in [-0.1, -0.05) is 43.4 Å². The average molecular weight is 497 g/mol. The Morgan fingerprint density at radius 1 is 1.00 bits per heavy atom. The molecule has 11 nitrogen and oxygen atoms in total. The first kappa shape index (κ1) is 25.5. The SMILES string of the molecule is O=C1CCC(N2C(=O)c3cccc(NCc4cn(CCCCCCCCCO)nn4)c3C2=O)C(=O)N1. The van der Waals surface area contributed by atoms with Gasteiger partial charge in [0.2, 0.25) is 11.8 Å². The molecule has 3 heterocycles. The Labute approximate surface area is 209 Å². The molecule has 11 heteroatoms. The number of aryl methyl sites for hydroxylation is 1. The summed E-state index contributed by atoms with van der Waals surface area (Å²) in [6.45, 7) is 1.37. The molecule has 1 fully saturated rings. The van der Waals surface area contributed by atoms with Gasteiger partial charge < -0.3 is 10.4 Å². The molecule has 4 amide bonds. The van der Waals surface area contributed by atoms with E-state index in [4.69, 9.17) is 5.11 Å². The molecule has 0 spiro atoms. The Balaban J connectivity index is 1.31. The molecule has 1 atom stereocenters. The molecular weight excluding hydrogens is 464 g/mol. The van der Waals surface area contributed by atoms with Crippen molar-refractivity contribution in [3.63, 3.8) is 0 Å². The first-order valence-electron chi connectivity index (χ1n) is 12.6. The maximum atomic E-state index is 13.2. The molecule has 0 radical (unpaired) electrons. The van der Waals surface area contributed by atoms with Crippen LogP contribution in [0.15, 0.2) is 24.4 Å². The molecule has 2 aliphatic heterocycles. The Bertz CT molecular complexity index is 1130. The quantitative estimate of drug-likeness (QED) is 0.282. The number of rotatable bonds is 13. The lowest BCUT2D eigenvalue weighted by Crippen LogP contribution is -2.54. The van der Waals surface area contributed by atoms with E-state index in [1.165, 1.54) is 6.42 Å². The van der Waals surface area contributed by atoms with Crippen molar-refractivity contribution in [3.05, 3.63) is 41.2 Å². The van der Waals surface area contributed by atoms with Gasteiger partial charge in [0.15, 0.2) is 0 Å². The Morgan fingerprint density at radius 3 is 2.50 bits per heavy atom. The fourth-order valence-corrected chi connectivity index (χ4v) is 4.65. The molecule has 3 N–H and O–H groups in total. The maximum Gasteiger partial charge on any atom is 0.264 e. The Hall–Kier alpha value is -3.60. The van der Waals surface area contributed by atoms with Crippen molar-refractivity contribution in [2.24, 2.45) is 0 Å². The highest BCUT2D eigenvalue weighted by Crippen LogP contribution is 2.32. The van der Waals surface area contributed by atoms with Crippen molar-refractivity contribution < 1.29 is 24.3 Å². The van der Waals surface area contributed by atoms with Crippen LogP contribution in [0.1, 0.15) is 84.2 Å². The van der Waals surface area contributed by atoms with E-state index in [2.05, 4.69) is 20.9 Å². The zero-order valence-corrected chi connectivity index (χ0v) is 20.2. The van der Waals surface area contributed by atoms with Crippen molar-refractivity contribution >= 4 is 29.3 Å². The summed E-state index contributed by atoms with van der Waals surface area (Å²) in [5.41, 5.74) is 1.64. The molecule has 1 saturated heterocycles. The number of anilines is 1. The van der Waals surface area contributed by atoms with Crippen LogP contribution in [0.25, 0.3) is 0 Å². The van der Waals surface area contributed by atoms with Gasteiger partial charge in [-0.3, -0.25) is 34.1 Å². The van der Waals surface area contributed by atoms with Crippen molar-refractivity contribution in [2.75, 3.05) is 11.9 Å². The summed E-state index contributed by atoms with van der Waals surface area (Å²) in [4.78, 5) is 50.8. The summed E-state index contributed by atoms with van der Waals surface area (Å²) in [5, 5.41) is 22.6.